The van der Waals surface area contributed by atoms with Crippen molar-refractivity contribution in [3.8, 4) is 11.1 Å². The molecule has 224 valence electrons. The van der Waals surface area contributed by atoms with Crippen molar-refractivity contribution in [2.75, 3.05) is 4.90 Å². The van der Waals surface area contributed by atoms with E-state index in [-0.39, 0.29) is 0 Å². The molecule has 9 aromatic carbocycles. The summed E-state index contributed by atoms with van der Waals surface area (Å²) < 4.78 is 2.62. The Balaban J connectivity index is 1.34. The molecule has 0 bridgehead atoms. The largest absolute Gasteiger partial charge is 0.309 e. The summed E-state index contributed by atoms with van der Waals surface area (Å²) in [5.41, 5.74) is 5.90. The fourth-order valence-corrected chi connectivity index (χ4v) is 8.94. The number of thiophene rings is 1. The van der Waals surface area contributed by atoms with Crippen LogP contribution in [0.4, 0.5) is 17.1 Å². The number of benzene rings is 9. The third-order valence-corrected chi connectivity index (χ3v) is 11.0. The molecule has 0 aliphatic rings. The van der Waals surface area contributed by atoms with Gasteiger partial charge in [0.2, 0.25) is 0 Å². The molecule has 0 saturated heterocycles. The van der Waals surface area contributed by atoms with Crippen molar-refractivity contribution in [3.63, 3.8) is 0 Å². The van der Waals surface area contributed by atoms with Crippen molar-refractivity contribution in [2.24, 2.45) is 0 Å². The van der Waals surface area contributed by atoms with Gasteiger partial charge in [0.1, 0.15) is 0 Å². The lowest BCUT2D eigenvalue weighted by Crippen LogP contribution is -2.12. The minimum Gasteiger partial charge on any atom is -0.309 e. The van der Waals surface area contributed by atoms with Gasteiger partial charge >= 0.3 is 0 Å². The molecular weight excluding hydrogens is 599 g/mol. The number of anilines is 3. The molecule has 0 N–H and O–H groups in total. The summed E-state index contributed by atoms with van der Waals surface area (Å²) in [5.74, 6) is 0. The summed E-state index contributed by atoms with van der Waals surface area (Å²) in [7, 11) is 0. The van der Waals surface area contributed by atoms with Crippen LogP contribution in [0.15, 0.2) is 176 Å². The maximum Gasteiger partial charge on any atom is 0.0555 e. The first-order valence-corrected chi connectivity index (χ1v) is 17.3. The van der Waals surface area contributed by atoms with Gasteiger partial charge in [-0.3, -0.25) is 0 Å². The molecule has 0 unspecified atom stereocenters. The predicted octanol–water partition coefficient (Wildman–Crippen LogP) is 13.8. The van der Waals surface area contributed by atoms with Crippen LogP contribution in [-0.2, 0) is 0 Å². The molecule has 10 aromatic rings. The number of hydrogen-bond acceptors (Lipinski definition) is 2. The fraction of sp³-hybridized carbons (Fsp3) is 0. The van der Waals surface area contributed by atoms with Crippen molar-refractivity contribution < 1.29 is 0 Å². The highest BCUT2D eigenvalue weighted by Gasteiger charge is 2.23. The second kappa shape index (κ2) is 10.8. The summed E-state index contributed by atoms with van der Waals surface area (Å²) in [4.78, 5) is 2.52. The van der Waals surface area contributed by atoms with Crippen LogP contribution >= 0.6 is 11.3 Å². The van der Waals surface area contributed by atoms with Gasteiger partial charge in [0.15, 0.2) is 0 Å². The monoisotopic (exact) mass is 627 g/mol. The van der Waals surface area contributed by atoms with Crippen LogP contribution in [0, 0.1) is 0 Å². The molecule has 0 atom stereocenters. The van der Waals surface area contributed by atoms with E-state index in [0.29, 0.717) is 0 Å². The molecule has 0 saturated carbocycles. The van der Waals surface area contributed by atoms with Crippen LogP contribution in [0.1, 0.15) is 0 Å². The minimum atomic E-state index is 1.15. The van der Waals surface area contributed by atoms with Gasteiger partial charge in [0.05, 0.1) is 17.1 Å². The lowest BCUT2D eigenvalue weighted by molar-refractivity contribution is 1.32. The normalized spacial score (nSPS) is 11.8. The molecule has 0 radical (unpaired) electrons. The maximum atomic E-state index is 2.52. The average Bonchev–Trinajstić information content (AvgIpc) is 3.55. The third kappa shape index (κ3) is 4.10. The van der Waals surface area contributed by atoms with E-state index in [1.807, 2.05) is 11.3 Å². The van der Waals surface area contributed by atoms with Crippen molar-refractivity contribution >= 4 is 91.7 Å². The van der Waals surface area contributed by atoms with Crippen LogP contribution in [0.25, 0.3) is 74.4 Å². The highest BCUT2D eigenvalue weighted by atomic mass is 32.1. The highest BCUT2D eigenvalue weighted by molar-refractivity contribution is 7.26. The van der Waals surface area contributed by atoms with E-state index in [1.165, 1.54) is 85.8 Å². The Morgan fingerprint density at radius 3 is 1.83 bits per heavy atom. The molecule has 1 heterocycles. The van der Waals surface area contributed by atoms with Gasteiger partial charge in [-0.1, -0.05) is 152 Å². The third-order valence-electron chi connectivity index (χ3n) is 9.82. The first kappa shape index (κ1) is 27.2. The minimum absolute atomic E-state index is 1.15. The Bertz CT molecular complexity index is 2850. The average molecular weight is 628 g/mol. The number of para-hydroxylation sites is 1. The molecule has 0 aliphatic heterocycles. The molecule has 48 heavy (non-hydrogen) atoms. The van der Waals surface area contributed by atoms with Gasteiger partial charge in [-0.05, 0) is 67.5 Å². The zero-order valence-corrected chi connectivity index (χ0v) is 26.9. The first-order valence-electron chi connectivity index (χ1n) is 16.4. The quantitative estimate of drug-likeness (QED) is 0.176. The molecule has 0 spiro atoms. The summed E-state index contributed by atoms with van der Waals surface area (Å²) in [5, 5.41) is 12.8. The molecule has 0 aliphatic carbocycles. The van der Waals surface area contributed by atoms with E-state index in [4.69, 9.17) is 0 Å². The first-order chi connectivity index (χ1) is 23.8. The van der Waals surface area contributed by atoms with Crippen molar-refractivity contribution in [2.45, 2.75) is 0 Å². The van der Waals surface area contributed by atoms with E-state index >= 15 is 0 Å². The fourth-order valence-electron chi connectivity index (χ4n) is 7.68. The Kier molecular flexibility index (Phi) is 6.12. The Hall–Kier alpha value is -5.96. The number of hydrogen-bond donors (Lipinski definition) is 0. The van der Waals surface area contributed by atoms with Crippen molar-refractivity contribution in [1.82, 2.24) is 0 Å². The van der Waals surface area contributed by atoms with E-state index in [1.54, 1.807) is 0 Å². The van der Waals surface area contributed by atoms with E-state index in [0.717, 1.165) is 5.69 Å². The lowest BCUT2D eigenvalue weighted by atomic mass is 9.94. The Morgan fingerprint density at radius 2 is 0.938 bits per heavy atom. The molecule has 0 amide bonds. The van der Waals surface area contributed by atoms with Crippen LogP contribution in [0.3, 0.4) is 0 Å². The van der Waals surface area contributed by atoms with Crippen LogP contribution in [0.5, 0.6) is 0 Å². The molecule has 1 nitrogen and oxygen atoms in total. The van der Waals surface area contributed by atoms with Gasteiger partial charge in [-0.15, -0.1) is 11.3 Å². The summed E-state index contributed by atoms with van der Waals surface area (Å²) in [6.45, 7) is 0. The van der Waals surface area contributed by atoms with E-state index < -0.39 is 0 Å². The smallest absolute Gasteiger partial charge is 0.0555 e. The van der Waals surface area contributed by atoms with Gasteiger partial charge in [0, 0.05) is 31.1 Å². The van der Waals surface area contributed by atoms with Gasteiger partial charge in [-0.2, -0.15) is 0 Å². The van der Waals surface area contributed by atoms with Crippen LogP contribution in [-0.4, -0.2) is 0 Å². The molecule has 1 aromatic heterocycles. The molecular formula is C46H29NS. The van der Waals surface area contributed by atoms with E-state index in [9.17, 15) is 0 Å². The zero-order valence-electron chi connectivity index (χ0n) is 26.1. The number of rotatable bonds is 4. The van der Waals surface area contributed by atoms with Crippen molar-refractivity contribution in [3.05, 3.63) is 176 Å². The summed E-state index contributed by atoms with van der Waals surface area (Å²) in [6, 6.07) is 64.5. The van der Waals surface area contributed by atoms with Gasteiger partial charge in [0.25, 0.3) is 0 Å². The predicted molar refractivity (Wildman–Crippen MR) is 209 cm³/mol. The Labute approximate surface area is 282 Å². The number of fused-ring (bicyclic) bond motifs is 10. The summed E-state index contributed by atoms with van der Waals surface area (Å²) in [6.07, 6.45) is 0. The maximum absolute atomic E-state index is 2.52. The van der Waals surface area contributed by atoms with Crippen LogP contribution in [0.2, 0.25) is 0 Å². The lowest BCUT2D eigenvalue weighted by Gasteiger charge is -2.30. The summed E-state index contributed by atoms with van der Waals surface area (Å²) >= 11 is 1.89. The van der Waals surface area contributed by atoms with Crippen molar-refractivity contribution in [1.29, 1.82) is 0 Å². The van der Waals surface area contributed by atoms with Crippen LogP contribution < -0.4 is 4.90 Å². The second-order valence-corrected chi connectivity index (χ2v) is 13.5. The second-order valence-electron chi connectivity index (χ2n) is 12.5. The van der Waals surface area contributed by atoms with E-state index in [2.05, 4.69) is 181 Å². The van der Waals surface area contributed by atoms with Gasteiger partial charge < -0.3 is 4.90 Å². The van der Waals surface area contributed by atoms with Gasteiger partial charge in [-0.25, -0.2) is 0 Å². The molecule has 10 rings (SSSR count). The Morgan fingerprint density at radius 1 is 0.333 bits per heavy atom. The molecule has 0 fully saturated rings. The zero-order chi connectivity index (χ0) is 31.6. The number of nitrogens with zero attached hydrogens (tertiary/aromatic N) is 1. The standard InChI is InChI=1S/C46H29NS/c1-2-12-30(13-3-1)34-16-8-9-20-40(34)47(42-22-11-23-43-45(42)39-29-26-32-15-5-7-18-36(32)46(39)48-43)41-21-10-19-38-37(41)28-27-33-25-24-31-14-4-6-17-35(31)44(33)38/h1-29H. The SMILES string of the molecule is c1ccc(-c2ccccc2N(c2cccc3c2ccc2ccc4ccccc4c23)c2cccc3sc4c5ccccc5ccc4c23)cc1. The topological polar surface area (TPSA) is 3.24 Å². The highest BCUT2D eigenvalue weighted by Crippen LogP contribution is 2.50. The molecule has 2 heteroatoms.